The van der Waals surface area contributed by atoms with E-state index in [1.165, 1.54) is 12.8 Å². The van der Waals surface area contributed by atoms with Crippen molar-refractivity contribution in [2.45, 2.75) is 52.0 Å². The molecule has 0 aromatic carbocycles. The number of alkyl halides is 1. The van der Waals surface area contributed by atoms with Crippen molar-refractivity contribution in [1.29, 1.82) is 0 Å². The van der Waals surface area contributed by atoms with Gasteiger partial charge in [-0.15, -0.1) is 11.6 Å². The second-order valence-electron chi connectivity index (χ2n) is 4.79. The fourth-order valence-electron chi connectivity index (χ4n) is 1.66. The van der Waals surface area contributed by atoms with Gasteiger partial charge in [-0.25, -0.2) is 0 Å². The Morgan fingerprint density at radius 3 is 2.60 bits per heavy atom. The molecule has 0 aromatic rings. The van der Waals surface area contributed by atoms with Crippen molar-refractivity contribution < 1.29 is 4.79 Å². The molecule has 0 radical (unpaired) electrons. The minimum absolute atomic E-state index is 0.304. The van der Waals surface area contributed by atoms with Crippen molar-refractivity contribution in [2.75, 3.05) is 12.4 Å². The zero-order valence-corrected chi connectivity index (χ0v) is 10.6. The van der Waals surface area contributed by atoms with Gasteiger partial charge in [0.25, 0.3) is 0 Å². The van der Waals surface area contributed by atoms with Crippen LogP contribution in [0.3, 0.4) is 0 Å². The fraction of sp³-hybridized carbons (Fsp3) is 0.917. The van der Waals surface area contributed by atoms with E-state index in [0.717, 1.165) is 19.4 Å². The number of halogens is 1. The van der Waals surface area contributed by atoms with Crippen LogP contribution < -0.4 is 0 Å². The standard InChI is InChI=1S/C12H22ClNO/c1-10(2)7-9-14(11-5-6-11)12(15)4-3-8-13/h10-11H,3-9H2,1-2H3. The molecule has 1 amide bonds. The summed E-state index contributed by atoms with van der Waals surface area (Å²) in [7, 11) is 0. The van der Waals surface area contributed by atoms with Crippen molar-refractivity contribution in [3.63, 3.8) is 0 Å². The molecule has 1 aliphatic carbocycles. The van der Waals surface area contributed by atoms with E-state index in [0.29, 0.717) is 30.2 Å². The molecule has 0 aromatic heterocycles. The molecule has 15 heavy (non-hydrogen) atoms. The van der Waals surface area contributed by atoms with Crippen LogP contribution >= 0.6 is 11.6 Å². The van der Waals surface area contributed by atoms with Gasteiger partial charge in [0.1, 0.15) is 0 Å². The lowest BCUT2D eigenvalue weighted by Crippen LogP contribution is -2.34. The van der Waals surface area contributed by atoms with Gasteiger partial charge in [-0.1, -0.05) is 13.8 Å². The number of nitrogens with zero attached hydrogens (tertiary/aromatic N) is 1. The Kier molecular flexibility index (Phi) is 5.44. The SMILES string of the molecule is CC(C)CCN(C(=O)CCCCl)C1CC1. The van der Waals surface area contributed by atoms with E-state index in [2.05, 4.69) is 18.7 Å². The summed E-state index contributed by atoms with van der Waals surface area (Å²) in [5.41, 5.74) is 0. The molecule has 0 aliphatic heterocycles. The summed E-state index contributed by atoms with van der Waals surface area (Å²) in [4.78, 5) is 13.9. The van der Waals surface area contributed by atoms with Crippen LogP contribution in [0.1, 0.15) is 46.0 Å². The third-order valence-corrected chi connectivity index (χ3v) is 3.05. The highest BCUT2D eigenvalue weighted by Crippen LogP contribution is 2.28. The maximum Gasteiger partial charge on any atom is 0.222 e. The third kappa shape index (κ3) is 4.87. The summed E-state index contributed by atoms with van der Waals surface area (Å²) in [6.07, 6.45) is 4.95. The van der Waals surface area contributed by atoms with Gasteiger partial charge < -0.3 is 4.90 Å². The van der Waals surface area contributed by atoms with Crippen LogP contribution in [0, 0.1) is 5.92 Å². The molecule has 0 saturated heterocycles. The molecule has 2 nitrogen and oxygen atoms in total. The summed E-state index contributed by atoms with van der Waals surface area (Å²) in [5.74, 6) is 1.57. The lowest BCUT2D eigenvalue weighted by molar-refractivity contribution is -0.132. The molecule has 0 spiro atoms. The predicted molar refractivity (Wildman–Crippen MR) is 64.1 cm³/mol. The van der Waals surface area contributed by atoms with E-state index in [9.17, 15) is 4.79 Å². The van der Waals surface area contributed by atoms with Crippen LogP contribution in [0.2, 0.25) is 0 Å². The van der Waals surface area contributed by atoms with Gasteiger partial charge in [0.2, 0.25) is 5.91 Å². The molecule has 1 aliphatic rings. The molecule has 0 heterocycles. The lowest BCUT2D eigenvalue weighted by Gasteiger charge is -2.23. The summed E-state index contributed by atoms with van der Waals surface area (Å²) in [6, 6.07) is 0.548. The largest absolute Gasteiger partial charge is 0.340 e. The Bertz CT molecular complexity index is 202. The topological polar surface area (TPSA) is 20.3 Å². The van der Waals surface area contributed by atoms with Crippen molar-refractivity contribution in [3.8, 4) is 0 Å². The van der Waals surface area contributed by atoms with Crippen LogP contribution in [-0.2, 0) is 4.79 Å². The molecule has 1 rings (SSSR count). The van der Waals surface area contributed by atoms with Crippen molar-refractivity contribution >= 4 is 17.5 Å². The molecular formula is C12H22ClNO. The van der Waals surface area contributed by atoms with Gasteiger partial charge in [0, 0.05) is 24.9 Å². The number of carbonyl (C=O) groups is 1. The van der Waals surface area contributed by atoms with Gasteiger partial charge in [0.15, 0.2) is 0 Å². The average molecular weight is 232 g/mol. The number of amides is 1. The summed E-state index contributed by atoms with van der Waals surface area (Å²) in [5, 5.41) is 0. The maximum absolute atomic E-state index is 11.9. The third-order valence-electron chi connectivity index (χ3n) is 2.78. The highest BCUT2D eigenvalue weighted by Gasteiger charge is 2.31. The second-order valence-corrected chi connectivity index (χ2v) is 5.17. The van der Waals surface area contributed by atoms with E-state index in [1.807, 2.05) is 0 Å². The smallest absolute Gasteiger partial charge is 0.222 e. The maximum atomic E-state index is 11.9. The molecule has 0 unspecified atom stereocenters. The van der Waals surface area contributed by atoms with E-state index in [-0.39, 0.29) is 0 Å². The Morgan fingerprint density at radius 1 is 1.47 bits per heavy atom. The van der Waals surface area contributed by atoms with Gasteiger partial charge in [-0.2, -0.15) is 0 Å². The molecule has 0 atom stereocenters. The van der Waals surface area contributed by atoms with Crippen LogP contribution in [0.25, 0.3) is 0 Å². The number of carbonyl (C=O) groups excluding carboxylic acids is 1. The van der Waals surface area contributed by atoms with E-state index in [1.54, 1.807) is 0 Å². The van der Waals surface area contributed by atoms with Gasteiger partial charge in [0.05, 0.1) is 0 Å². The Balaban J connectivity index is 2.32. The number of rotatable bonds is 7. The van der Waals surface area contributed by atoms with Crippen LogP contribution in [0.15, 0.2) is 0 Å². The molecule has 3 heteroatoms. The minimum Gasteiger partial charge on any atom is -0.340 e. The zero-order chi connectivity index (χ0) is 11.3. The summed E-state index contributed by atoms with van der Waals surface area (Å²) < 4.78 is 0. The first kappa shape index (κ1) is 12.8. The minimum atomic E-state index is 0.304. The Morgan fingerprint density at radius 2 is 2.13 bits per heavy atom. The van der Waals surface area contributed by atoms with Crippen molar-refractivity contribution in [1.82, 2.24) is 4.90 Å². The van der Waals surface area contributed by atoms with Gasteiger partial charge >= 0.3 is 0 Å². The monoisotopic (exact) mass is 231 g/mol. The van der Waals surface area contributed by atoms with E-state index < -0.39 is 0 Å². The molecular weight excluding hydrogens is 210 g/mol. The average Bonchev–Trinajstić information content (AvgIpc) is 2.98. The Hall–Kier alpha value is -0.240. The van der Waals surface area contributed by atoms with Crippen LogP contribution in [0.5, 0.6) is 0 Å². The predicted octanol–water partition coefficient (Wildman–Crippen LogP) is 3.04. The second kappa shape index (κ2) is 6.37. The van der Waals surface area contributed by atoms with Gasteiger partial charge in [-0.3, -0.25) is 4.79 Å². The molecule has 1 saturated carbocycles. The summed E-state index contributed by atoms with van der Waals surface area (Å²) >= 11 is 5.60. The van der Waals surface area contributed by atoms with E-state index >= 15 is 0 Å². The van der Waals surface area contributed by atoms with Crippen molar-refractivity contribution in [2.24, 2.45) is 5.92 Å². The molecule has 0 bridgehead atoms. The first-order chi connectivity index (χ1) is 7.15. The first-order valence-corrected chi connectivity index (χ1v) is 6.54. The van der Waals surface area contributed by atoms with Crippen LogP contribution in [-0.4, -0.2) is 29.3 Å². The first-order valence-electron chi connectivity index (χ1n) is 6.00. The molecule has 88 valence electrons. The molecule has 1 fully saturated rings. The normalized spacial score (nSPS) is 15.7. The fourth-order valence-corrected chi connectivity index (χ4v) is 1.79. The lowest BCUT2D eigenvalue weighted by atomic mass is 10.1. The zero-order valence-electron chi connectivity index (χ0n) is 9.84. The molecule has 0 N–H and O–H groups in total. The highest BCUT2D eigenvalue weighted by atomic mass is 35.5. The van der Waals surface area contributed by atoms with Crippen LogP contribution in [0.4, 0.5) is 0 Å². The number of hydrogen-bond donors (Lipinski definition) is 0. The van der Waals surface area contributed by atoms with Crippen molar-refractivity contribution in [3.05, 3.63) is 0 Å². The Labute approximate surface area is 98.0 Å². The van der Waals surface area contributed by atoms with E-state index in [4.69, 9.17) is 11.6 Å². The quantitative estimate of drug-likeness (QED) is 0.617. The summed E-state index contributed by atoms with van der Waals surface area (Å²) in [6.45, 7) is 5.34. The number of hydrogen-bond acceptors (Lipinski definition) is 1. The highest BCUT2D eigenvalue weighted by molar-refractivity contribution is 6.17. The van der Waals surface area contributed by atoms with Gasteiger partial charge in [-0.05, 0) is 31.6 Å².